The number of carbonyl (C=O) groups excluding carboxylic acids is 2. The van der Waals surface area contributed by atoms with Gasteiger partial charge in [-0.05, 0) is 31.7 Å². The molecule has 1 aromatic carbocycles. The average Bonchev–Trinajstić information content (AvgIpc) is 2.95. The Labute approximate surface area is 127 Å². The van der Waals surface area contributed by atoms with Gasteiger partial charge in [0.15, 0.2) is 0 Å². The van der Waals surface area contributed by atoms with Crippen molar-refractivity contribution in [3.8, 4) is 0 Å². The third-order valence-corrected chi connectivity index (χ3v) is 4.63. The molecule has 21 heavy (non-hydrogen) atoms. The number of aryl methyl sites for hydroxylation is 1. The van der Waals surface area contributed by atoms with Gasteiger partial charge in [0.05, 0.1) is 6.04 Å². The first-order chi connectivity index (χ1) is 9.86. The molecular weight excluding hydrogens is 262 g/mol. The predicted molar refractivity (Wildman–Crippen MR) is 83.9 cm³/mol. The molecule has 0 bridgehead atoms. The van der Waals surface area contributed by atoms with Crippen molar-refractivity contribution in [2.45, 2.75) is 53.0 Å². The highest BCUT2D eigenvalue weighted by Gasteiger charge is 2.39. The number of ketones is 1. The molecule has 1 aromatic rings. The van der Waals surface area contributed by atoms with Crippen LogP contribution in [0.5, 0.6) is 0 Å². The lowest BCUT2D eigenvalue weighted by Crippen LogP contribution is -2.42. The molecule has 3 nitrogen and oxygen atoms in total. The maximum atomic E-state index is 12.6. The van der Waals surface area contributed by atoms with Gasteiger partial charge >= 0.3 is 0 Å². The van der Waals surface area contributed by atoms with Crippen LogP contribution < -0.4 is 0 Å². The maximum Gasteiger partial charge on any atom is 0.291 e. The first-order valence-corrected chi connectivity index (χ1v) is 7.79. The Hall–Kier alpha value is -1.64. The van der Waals surface area contributed by atoms with E-state index in [4.69, 9.17) is 0 Å². The van der Waals surface area contributed by atoms with E-state index in [-0.39, 0.29) is 17.7 Å². The minimum absolute atomic E-state index is 0.0500. The van der Waals surface area contributed by atoms with E-state index < -0.39 is 5.41 Å². The number of likely N-dealkylation sites (tertiary alicyclic amines) is 1. The van der Waals surface area contributed by atoms with Crippen molar-refractivity contribution in [2.24, 2.45) is 5.41 Å². The number of carbonyl (C=O) groups is 2. The summed E-state index contributed by atoms with van der Waals surface area (Å²) in [6.45, 7) is 8.39. The number of hydrogen-bond acceptors (Lipinski definition) is 2. The molecule has 1 aliphatic heterocycles. The van der Waals surface area contributed by atoms with E-state index in [1.807, 2.05) is 26.8 Å². The van der Waals surface area contributed by atoms with E-state index in [1.54, 1.807) is 4.90 Å². The summed E-state index contributed by atoms with van der Waals surface area (Å²) in [4.78, 5) is 26.8. The number of hydrogen-bond donors (Lipinski definition) is 0. The Morgan fingerprint density at radius 3 is 2.67 bits per heavy atom. The molecule has 3 heteroatoms. The fourth-order valence-electron chi connectivity index (χ4n) is 2.81. The Kier molecular flexibility index (Phi) is 4.50. The highest BCUT2D eigenvalue weighted by molar-refractivity contribution is 6.38. The zero-order chi connectivity index (χ0) is 15.6. The molecule has 1 atom stereocenters. The van der Waals surface area contributed by atoms with Crippen molar-refractivity contribution in [3.63, 3.8) is 0 Å². The van der Waals surface area contributed by atoms with Crippen molar-refractivity contribution >= 4 is 11.7 Å². The van der Waals surface area contributed by atoms with Gasteiger partial charge in [0, 0.05) is 12.0 Å². The molecule has 0 aromatic heterocycles. The number of benzene rings is 1. The van der Waals surface area contributed by atoms with Crippen LogP contribution in [0.1, 0.15) is 57.2 Å². The molecule has 2 rings (SSSR count). The summed E-state index contributed by atoms with van der Waals surface area (Å²) < 4.78 is 0. The SMILES string of the molecule is CCC(C)(C)C(=O)C(=O)N1CCCC1c1cccc(C)c1. The third-order valence-electron chi connectivity index (χ3n) is 4.63. The fraction of sp³-hybridized carbons (Fsp3) is 0.556. The Morgan fingerprint density at radius 1 is 1.33 bits per heavy atom. The monoisotopic (exact) mass is 287 g/mol. The van der Waals surface area contributed by atoms with Gasteiger partial charge in [0.2, 0.25) is 5.78 Å². The van der Waals surface area contributed by atoms with Crippen molar-refractivity contribution in [2.75, 3.05) is 6.54 Å². The zero-order valence-electron chi connectivity index (χ0n) is 13.5. The van der Waals surface area contributed by atoms with Gasteiger partial charge in [0.25, 0.3) is 5.91 Å². The Bertz CT molecular complexity index is 548. The molecule has 1 saturated heterocycles. The molecule has 0 saturated carbocycles. The second kappa shape index (κ2) is 6.00. The van der Waals surface area contributed by atoms with Gasteiger partial charge in [-0.15, -0.1) is 0 Å². The van der Waals surface area contributed by atoms with Gasteiger partial charge in [-0.2, -0.15) is 0 Å². The van der Waals surface area contributed by atoms with Crippen LogP contribution in [0.15, 0.2) is 24.3 Å². The number of nitrogens with zero attached hydrogens (tertiary/aromatic N) is 1. The highest BCUT2D eigenvalue weighted by Crippen LogP contribution is 2.34. The Balaban J connectivity index is 2.23. The van der Waals surface area contributed by atoms with Crippen LogP contribution in [0.2, 0.25) is 0 Å². The lowest BCUT2D eigenvalue weighted by molar-refractivity contribution is -0.149. The quantitative estimate of drug-likeness (QED) is 0.792. The summed E-state index contributed by atoms with van der Waals surface area (Å²) in [5.74, 6) is -0.574. The topological polar surface area (TPSA) is 37.4 Å². The van der Waals surface area contributed by atoms with Gasteiger partial charge in [-0.25, -0.2) is 0 Å². The summed E-state index contributed by atoms with van der Waals surface area (Å²) in [6.07, 6.45) is 2.58. The smallest absolute Gasteiger partial charge is 0.291 e. The summed E-state index contributed by atoms with van der Waals surface area (Å²) in [5.41, 5.74) is 1.76. The van der Waals surface area contributed by atoms with E-state index >= 15 is 0 Å². The molecule has 1 amide bonds. The maximum absolute atomic E-state index is 12.6. The Morgan fingerprint density at radius 2 is 2.05 bits per heavy atom. The largest absolute Gasteiger partial charge is 0.329 e. The molecule has 0 aliphatic carbocycles. The molecular formula is C18H25NO2. The molecule has 0 N–H and O–H groups in total. The van der Waals surface area contributed by atoms with Crippen LogP contribution in [0.4, 0.5) is 0 Å². The number of amides is 1. The van der Waals surface area contributed by atoms with Crippen LogP contribution in [0.3, 0.4) is 0 Å². The van der Waals surface area contributed by atoms with Crippen LogP contribution in [0.25, 0.3) is 0 Å². The van der Waals surface area contributed by atoms with E-state index in [1.165, 1.54) is 5.56 Å². The highest BCUT2D eigenvalue weighted by atomic mass is 16.2. The molecule has 0 radical (unpaired) electrons. The van der Waals surface area contributed by atoms with Crippen molar-refractivity contribution < 1.29 is 9.59 Å². The first kappa shape index (κ1) is 15.7. The lowest BCUT2D eigenvalue weighted by atomic mass is 9.84. The predicted octanol–water partition coefficient (Wildman–Crippen LogP) is 3.66. The van der Waals surface area contributed by atoms with Crippen molar-refractivity contribution in [1.82, 2.24) is 4.90 Å². The standard InChI is InChI=1S/C18H25NO2/c1-5-18(3,4)16(20)17(21)19-11-7-10-15(19)14-9-6-8-13(2)12-14/h6,8-9,12,15H,5,7,10-11H2,1-4H3. The van der Waals surface area contributed by atoms with Gasteiger partial charge in [0.1, 0.15) is 0 Å². The molecule has 1 heterocycles. The zero-order valence-corrected chi connectivity index (χ0v) is 13.5. The minimum atomic E-state index is -0.573. The summed E-state index contributed by atoms with van der Waals surface area (Å²) in [7, 11) is 0. The van der Waals surface area contributed by atoms with Gasteiger partial charge in [-0.1, -0.05) is 50.6 Å². The van der Waals surface area contributed by atoms with Gasteiger partial charge < -0.3 is 4.90 Å². The van der Waals surface area contributed by atoms with Crippen LogP contribution in [0, 0.1) is 12.3 Å². The summed E-state index contributed by atoms with van der Waals surface area (Å²) >= 11 is 0. The molecule has 114 valence electrons. The van der Waals surface area contributed by atoms with Crippen LogP contribution >= 0.6 is 0 Å². The van der Waals surface area contributed by atoms with Gasteiger partial charge in [-0.3, -0.25) is 9.59 Å². The van der Waals surface area contributed by atoms with Crippen molar-refractivity contribution in [1.29, 1.82) is 0 Å². The van der Waals surface area contributed by atoms with Crippen LogP contribution in [-0.2, 0) is 9.59 Å². The van der Waals surface area contributed by atoms with E-state index in [2.05, 4.69) is 25.1 Å². The van der Waals surface area contributed by atoms with E-state index in [0.29, 0.717) is 13.0 Å². The lowest BCUT2D eigenvalue weighted by Gasteiger charge is -2.28. The van der Waals surface area contributed by atoms with E-state index in [0.717, 1.165) is 18.4 Å². The fourth-order valence-corrected chi connectivity index (χ4v) is 2.81. The third kappa shape index (κ3) is 3.17. The normalized spacial score (nSPS) is 18.9. The van der Waals surface area contributed by atoms with Crippen molar-refractivity contribution in [3.05, 3.63) is 35.4 Å². The molecule has 1 aliphatic rings. The molecule has 1 fully saturated rings. The van der Waals surface area contributed by atoms with E-state index in [9.17, 15) is 9.59 Å². The summed E-state index contributed by atoms with van der Waals surface area (Å²) in [6, 6.07) is 8.29. The second-order valence-corrected chi connectivity index (χ2v) is 6.64. The average molecular weight is 287 g/mol. The van der Waals surface area contributed by atoms with Crippen LogP contribution in [-0.4, -0.2) is 23.1 Å². The first-order valence-electron chi connectivity index (χ1n) is 7.79. The molecule has 0 spiro atoms. The minimum Gasteiger partial charge on any atom is -0.329 e. The second-order valence-electron chi connectivity index (χ2n) is 6.64. The number of rotatable bonds is 4. The number of Topliss-reactive ketones (excluding diaryl/α,β-unsaturated/α-hetero) is 1. The summed E-state index contributed by atoms with van der Waals surface area (Å²) in [5, 5.41) is 0. The molecule has 1 unspecified atom stereocenters.